The summed E-state index contributed by atoms with van der Waals surface area (Å²) >= 11 is 0. The predicted molar refractivity (Wildman–Crippen MR) is 77.6 cm³/mol. The van der Waals surface area contributed by atoms with E-state index >= 15 is 0 Å². The topological polar surface area (TPSA) is 90.0 Å². The number of nitrogens with two attached hydrogens (primary N) is 1. The van der Waals surface area contributed by atoms with Crippen molar-refractivity contribution in [2.24, 2.45) is 0 Å². The molecule has 0 fully saturated rings. The first-order chi connectivity index (χ1) is 9.49. The van der Waals surface area contributed by atoms with Crippen molar-refractivity contribution >= 4 is 15.7 Å². The van der Waals surface area contributed by atoms with E-state index < -0.39 is 10.0 Å². The maximum absolute atomic E-state index is 12.1. The van der Waals surface area contributed by atoms with Crippen LogP contribution in [-0.2, 0) is 16.6 Å². The Morgan fingerprint density at radius 3 is 2.85 bits per heavy atom. The molecular weight excluding hydrogens is 276 g/mol. The van der Waals surface area contributed by atoms with E-state index in [2.05, 4.69) is 9.82 Å². The first-order valence-electron chi connectivity index (χ1n) is 6.32. The molecule has 6 nitrogen and oxygen atoms in total. The Bertz CT molecular complexity index is 666. The van der Waals surface area contributed by atoms with Crippen LogP contribution in [0.15, 0.2) is 41.6 Å². The zero-order valence-electron chi connectivity index (χ0n) is 11.3. The van der Waals surface area contributed by atoms with Crippen molar-refractivity contribution in [3.05, 3.63) is 42.2 Å². The van der Waals surface area contributed by atoms with Crippen molar-refractivity contribution in [3.63, 3.8) is 0 Å². The lowest BCUT2D eigenvalue weighted by Crippen LogP contribution is -2.26. The molecule has 0 saturated heterocycles. The monoisotopic (exact) mass is 294 g/mol. The van der Waals surface area contributed by atoms with E-state index in [1.807, 2.05) is 19.2 Å². The van der Waals surface area contributed by atoms with Gasteiger partial charge in [-0.1, -0.05) is 6.07 Å². The first-order valence-corrected chi connectivity index (χ1v) is 7.80. The van der Waals surface area contributed by atoms with E-state index in [0.29, 0.717) is 19.5 Å². The standard InChI is InChI=1S/C13H18N4O2S/c1-11-4-5-13(12(14)10-11)20(18,19)16-7-3-9-17-8-2-6-15-17/h2,4-6,8,10,16H,3,7,9,14H2,1H3. The summed E-state index contributed by atoms with van der Waals surface area (Å²) in [5.74, 6) is 0. The van der Waals surface area contributed by atoms with Gasteiger partial charge in [0.25, 0.3) is 0 Å². The van der Waals surface area contributed by atoms with Crippen LogP contribution in [0.25, 0.3) is 0 Å². The molecule has 0 saturated carbocycles. The molecule has 1 aromatic carbocycles. The van der Waals surface area contributed by atoms with Gasteiger partial charge in [-0.25, -0.2) is 13.1 Å². The van der Waals surface area contributed by atoms with Gasteiger partial charge in [0.15, 0.2) is 0 Å². The third-order valence-electron chi connectivity index (χ3n) is 2.87. The molecule has 3 N–H and O–H groups in total. The summed E-state index contributed by atoms with van der Waals surface area (Å²) in [5.41, 5.74) is 6.95. The van der Waals surface area contributed by atoms with Crippen LogP contribution < -0.4 is 10.5 Å². The Kier molecular flexibility index (Phi) is 4.41. The minimum Gasteiger partial charge on any atom is -0.398 e. The smallest absolute Gasteiger partial charge is 0.242 e. The highest BCUT2D eigenvalue weighted by Crippen LogP contribution is 2.19. The van der Waals surface area contributed by atoms with Crippen molar-refractivity contribution in [2.75, 3.05) is 12.3 Å². The van der Waals surface area contributed by atoms with Gasteiger partial charge in [-0.05, 0) is 37.1 Å². The molecule has 108 valence electrons. The number of nitrogens with zero attached hydrogens (tertiary/aromatic N) is 2. The summed E-state index contributed by atoms with van der Waals surface area (Å²) in [6, 6.07) is 6.74. The fraction of sp³-hybridized carbons (Fsp3) is 0.308. The molecule has 0 spiro atoms. The SMILES string of the molecule is Cc1ccc(S(=O)(=O)NCCCn2cccn2)c(N)c1. The fourth-order valence-electron chi connectivity index (χ4n) is 1.87. The van der Waals surface area contributed by atoms with Crippen LogP contribution in [0.1, 0.15) is 12.0 Å². The van der Waals surface area contributed by atoms with Crippen molar-refractivity contribution in [1.29, 1.82) is 0 Å². The molecule has 1 heterocycles. The normalized spacial score (nSPS) is 11.7. The summed E-state index contributed by atoms with van der Waals surface area (Å²) in [6.07, 6.45) is 4.19. The van der Waals surface area contributed by atoms with E-state index in [-0.39, 0.29) is 10.6 Å². The number of anilines is 1. The maximum Gasteiger partial charge on any atom is 0.242 e. The van der Waals surface area contributed by atoms with Crippen LogP contribution >= 0.6 is 0 Å². The van der Waals surface area contributed by atoms with Crippen molar-refractivity contribution in [2.45, 2.75) is 24.8 Å². The number of aromatic nitrogens is 2. The Morgan fingerprint density at radius 1 is 1.40 bits per heavy atom. The van der Waals surface area contributed by atoms with E-state index in [4.69, 9.17) is 5.73 Å². The largest absolute Gasteiger partial charge is 0.398 e. The number of hydrogen-bond donors (Lipinski definition) is 2. The molecule has 0 bridgehead atoms. The molecule has 0 amide bonds. The second kappa shape index (κ2) is 6.06. The predicted octanol–water partition coefficient (Wildman–Crippen LogP) is 1.14. The highest BCUT2D eigenvalue weighted by molar-refractivity contribution is 7.89. The van der Waals surface area contributed by atoms with Gasteiger partial charge in [0, 0.05) is 25.5 Å². The van der Waals surface area contributed by atoms with Crippen LogP contribution in [0.5, 0.6) is 0 Å². The van der Waals surface area contributed by atoms with Crippen LogP contribution in [-0.4, -0.2) is 24.7 Å². The molecule has 7 heteroatoms. The zero-order chi connectivity index (χ0) is 14.6. The molecule has 0 aliphatic heterocycles. The summed E-state index contributed by atoms with van der Waals surface area (Å²) in [6.45, 7) is 2.87. The van der Waals surface area contributed by atoms with E-state index in [9.17, 15) is 8.42 Å². The zero-order valence-corrected chi connectivity index (χ0v) is 12.1. The van der Waals surface area contributed by atoms with Crippen LogP contribution in [0, 0.1) is 6.92 Å². The number of sulfonamides is 1. The summed E-state index contributed by atoms with van der Waals surface area (Å²) in [4.78, 5) is 0.127. The molecule has 1 aromatic heterocycles. The minimum absolute atomic E-state index is 0.127. The van der Waals surface area contributed by atoms with Gasteiger partial charge in [-0.3, -0.25) is 4.68 Å². The lowest BCUT2D eigenvalue weighted by Gasteiger charge is -2.09. The van der Waals surface area contributed by atoms with Crippen molar-refractivity contribution in [3.8, 4) is 0 Å². The quantitative estimate of drug-likeness (QED) is 0.617. The highest BCUT2D eigenvalue weighted by atomic mass is 32.2. The maximum atomic E-state index is 12.1. The van der Waals surface area contributed by atoms with E-state index in [0.717, 1.165) is 5.56 Å². The molecule has 0 aliphatic rings. The Hall–Kier alpha value is -1.86. The average molecular weight is 294 g/mol. The molecule has 20 heavy (non-hydrogen) atoms. The number of aryl methyl sites for hydroxylation is 2. The lowest BCUT2D eigenvalue weighted by molar-refractivity contribution is 0.553. The van der Waals surface area contributed by atoms with Gasteiger partial charge in [0.1, 0.15) is 4.90 Å². The van der Waals surface area contributed by atoms with Gasteiger partial charge in [-0.2, -0.15) is 5.10 Å². The Balaban J connectivity index is 1.93. The Labute approximate surface area is 118 Å². The van der Waals surface area contributed by atoms with Crippen LogP contribution in [0.2, 0.25) is 0 Å². The molecule has 2 aromatic rings. The van der Waals surface area contributed by atoms with E-state index in [1.165, 1.54) is 6.07 Å². The summed E-state index contributed by atoms with van der Waals surface area (Å²) < 4.78 is 28.5. The van der Waals surface area contributed by atoms with Gasteiger partial charge in [0.05, 0.1) is 5.69 Å². The van der Waals surface area contributed by atoms with E-state index in [1.54, 1.807) is 23.0 Å². The molecular formula is C13H18N4O2S. The van der Waals surface area contributed by atoms with Crippen molar-refractivity contribution in [1.82, 2.24) is 14.5 Å². The average Bonchev–Trinajstić information content (AvgIpc) is 2.87. The molecule has 0 atom stereocenters. The number of rotatable bonds is 6. The van der Waals surface area contributed by atoms with Crippen LogP contribution in [0.4, 0.5) is 5.69 Å². The van der Waals surface area contributed by atoms with Gasteiger partial charge in [-0.15, -0.1) is 0 Å². The first kappa shape index (κ1) is 14.5. The number of hydrogen-bond acceptors (Lipinski definition) is 4. The molecule has 2 rings (SSSR count). The Morgan fingerprint density at radius 2 is 2.20 bits per heavy atom. The van der Waals surface area contributed by atoms with Gasteiger partial charge < -0.3 is 5.73 Å². The van der Waals surface area contributed by atoms with Gasteiger partial charge in [0.2, 0.25) is 10.0 Å². The second-order valence-corrected chi connectivity index (χ2v) is 6.30. The van der Waals surface area contributed by atoms with Crippen LogP contribution in [0.3, 0.4) is 0 Å². The number of nitrogens with one attached hydrogen (secondary N) is 1. The molecule has 0 radical (unpaired) electrons. The highest BCUT2D eigenvalue weighted by Gasteiger charge is 2.16. The fourth-order valence-corrected chi connectivity index (χ4v) is 3.06. The molecule has 0 unspecified atom stereocenters. The minimum atomic E-state index is -3.55. The summed E-state index contributed by atoms with van der Waals surface area (Å²) in [7, 11) is -3.55. The van der Waals surface area contributed by atoms with Crippen molar-refractivity contribution < 1.29 is 8.42 Å². The number of benzene rings is 1. The second-order valence-electron chi connectivity index (χ2n) is 4.56. The molecule has 0 aliphatic carbocycles. The number of nitrogen functional groups attached to an aromatic ring is 1. The summed E-state index contributed by atoms with van der Waals surface area (Å²) in [5, 5.41) is 4.05. The third-order valence-corrected chi connectivity index (χ3v) is 4.41. The third kappa shape index (κ3) is 3.58. The lowest BCUT2D eigenvalue weighted by atomic mass is 10.2. The van der Waals surface area contributed by atoms with Gasteiger partial charge >= 0.3 is 0 Å².